The van der Waals surface area contributed by atoms with Crippen molar-refractivity contribution in [3.05, 3.63) is 80.1 Å². The van der Waals surface area contributed by atoms with E-state index in [1.807, 2.05) is 0 Å². The number of halogens is 4. The van der Waals surface area contributed by atoms with Crippen LogP contribution in [0.15, 0.2) is 46.2 Å². The molecule has 1 saturated carbocycles. The second-order valence-corrected chi connectivity index (χ2v) is 10.1. The quantitative estimate of drug-likeness (QED) is 0.394. The highest BCUT2D eigenvalue weighted by Crippen LogP contribution is 2.57. The smallest absolute Gasteiger partial charge is 0.313 e. The summed E-state index contributed by atoms with van der Waals surface area (Å²) < 4.78 is 55.3. The van der Waals surface area contributed by atoms with E-state index in [4.69, 9.17) is 0 Å². The number of amides is 1. The molecule has 4 heterocycles. The molecule has 1 aliphatic carbocycles. The average molecular weight is 528 g/mol. The Morgan fingerprint density at radius 1 is 1.13 bits per heavy atom. The fraction of sp³-hybridized carbons (Fsp3) is 0.320. The van der Waals surface area contributed by atoms with Crippen molar-refractivity contribution in [2.75, 3.05) is 11.4 Å². The number of nitrogens with zero attached hydrogens (tertiary/aromatic N) is 4. The summed E-state index contributed by atoms with van der Waals surface area (Å²) >= 11 is 0. The highest BCUT2D eigenvalue weighted by molar-refractivity contribution is 6.07. The Labute approximate surface area is 211 Å². The summed E-state index contributed by atoms with van der Waals surface area (Å²) in [5.41, 5.74) is -0.0215. The van der Waals surface area contributed by atoms with Gasteiger partial charge in [0.15, 0.2) is 5.65 Å². The number of H-pyrrole nitrogens is 2. The van der Waals surface area contributed by atoms with Crippen LogP contribution in [-0.4, -0.2) is 43.2 Å². The van der Waals surface area contributed by atoms with Crippen LogP contribution in [0.3, 0.4) is 0 Å². The molecule has 1 fully saturated rings. The fourth-order valence-electron chi connectivity index (χ4n) is 5.31. The van der Waals surface area contributed by atoms with E-state index in [1.54, 1.807) is 38.1 Å². The summed E-state index contributed by atoms with van der Waals surface area (Å²) in [6.07, 6.45) is -1.78. The van der Waals surface area contributed by atoms with Gasteiger partial charge in [0.05, 0.1) is 22.9 Å². The molecule has 3 aromatic heterocycles. The van der Waals surface area contributed by atoms with E-state index in [9.17, 15) is 31.9 Å². The third kappa shape index (κ3) is 3.72. The number of rotatable bonds is 4. The number of aromatic nitrogens is 5. The van der Waals surface area contributed by atoms with Crippen molar-refractivity contribution in [2.24, 2.45) is 0 Å². The summed E-state index contributed by atoms with van der Waals surface area (Å²) in [4.78, 5) is 46.0. The largest absolute Gasteiger partial charge is 0.406 e. The zero-order valence-corrected chi connectivity index (χ0v) is 20.1. The third-order valence-electron chi connectivity index (χ3n) is 7.27. The Balaban J connectivity index is 1.41. The number of nitrogens with one attached hydrogen (secondary N) is 2. The van der Waals surface area contributed by atoms with Crippen molar-refractivity contribution in [3.8, 4) is 11.3 Å². The van der Waals surface area contributed by atoms with Crippen molar-refractivity contribution in [1.82, 2.24) is 24.6 Å². The molecule has 0 unspecified atom stereocenters. The minimum Gasteiger partial charge on any atom is -0.313 e. The molecule has 196 valence electrons. The van der Waals surface area contributed by atoms with Gasteiger partial charge < -0.3 is 9.88 Å². The number of carbonyl (C=O) groups is 1. The Morgan fingerprint density at radius 3 is 2.61 bits per heavy atom. The minimum absolute atomic E-state index is 0.0270. The normalized spacial score (nSPS) is 20.3. The number of hydrogen-bond acceptors (Lipinski definition) is 5. The van der Waals surface area contributed by atoms with Crippen molar-refractivity contribution in [3.63, 3.8) is 0 Å². The van der Waals surface area contributed by atoms with Gasteiger partial charge in [-0.2, -0.15) is 27.2 Å². The van der Waals surface area contributed by atoms with Crippen LogP contribution < -0.4 is 16.1 Å². The molecule has 2 atom stereocenters. The molecule has 9 nitrogen and oxygen atoms in total. The van der Waals surface area contributed by atoms with Crippen LogP contribution in [0.2, 0.25) is 0 Å². The van der Waals surface area contributed by atoms with Gasteiger partial charge in [-0.15, -0.1) is 0 Å². The molecule has 2 aliphatic rings. The molecule has 38 heavy (non-hydrogen) atoms. The number of imidazole rings is 1. The zero-order valence-electron chi connectivity index (χ0n) is 20.1. The summed E-state index contributed by atoms with van der Waals surface area (Å²) in [6.45, 7) is 1.82. The molecule has 2 N–H and O–H groups in total. The number of carbonyl (C=O) groups excluding carboxylic acids is 1. The lowest BCUT2D eigenvalue weighted by atomic mass is 9.85. The Bertz CT molecular complexity index is 1750. The number of alkyl halides is 3. The number of aromatic amines is 2. The number of fused-ring (bicyclic) bond motifs is 2. The third-order valence-corrected chi connectivity index (χ3v) is 7.27. The molecule has 1 aliphatic heterocycles. The summed E-state index contributed by atoms with van der Waals surface area (Å²) in [5, 5.41) is 4.17. The van der Waals surface area contributed by atoms with E-state index in [0.717, 1.165) is 21.2 Å². The van der Waals surface area contributed by atoms with Crippen LogP contribution in [0.4, 0.5) is 23.2 Å². The van der Waals surface area contributed by atoms with Crippen LogP contribution in [0, 0.1) is 5.95 Å². The first-order valence-corrected chi connectivity index (χ1v) is 11.7. The van der Waals surface area contributed by atoms with Gasteiger partial charge in [0, 0.05) is 17.4 Å². The molecule has 0 bridgehead atoms. The molecule has 4 aromatic rings. The van der Waals surface area contributed by atoms with Gasteiger partial charge >= 0.3 is 11.9 Å². The highest BCUT2D eigenvalue weighted by Gasteiger charge is 2.49. The maximum Gasteiger partial charge on any atom is 0.406 e. The Hall–Kier alpha value is -4.29. The molecular formula is C25H20F4N6O3. The second kappa shape index (κ2) is 7.85. The number of hydrogen-bond donors (Lipinski definition) is 2. The zero-order chi connectivity index (χ0) is 27.1. The molecule has 0 radical (unpaired) electrons. The predicted octanol–water partition coefficient (Wildman–Crippen LogP) is 3.37. The van der Waals surface area contributed by atoms with Crippen LogP contribution in [0.1, 0.15) is 48.8 Å². The lowest BCUT2D eigenvalue weighted by Gasteiger charge is -2.21. The lowest BCUT2D eigenvalue weighted by Crippen LogP contribution is -2.41. The van der Waals surface area contributed by atoms with Gasteiger partial charge in [0.2, 0.25) is 11.9 Å². The van der Waals surface area contributed by atoms with Crippen LogP contribution in [0.5, 0.6) is 0 Å². The van der Waals surface area contributed by atoms with Crippen LogP contribution in [-0.2, 0) is 10.2 Å². The molecule has 13 heteroatoms. The maximum atomic E-state index is 14.5. The monoisotopic (exact) mass is 528 g/mol. The molecular weight excluding hydrogens is 508 g/mol. The first-order valence-electron chi connectivity index (χ1n) is 11.7. The number of benzene rings is 1. The van der Waals surface area contributed by atoms with E-state index in [-0.39, 0.29) is 34.4 Å². The van der Waals surface area contributed by atoms with Gasteiger partial charge in [-0.3, -0.25) is 14.6 Å². The molecule has 0 spiro atoms. The predicted molar refractivity (Wildman–Crippen MR) is 128 cm³/mol. The molecule has 6 rings (SSSR count). The summed E-state index contributed by atoms with van der Waals surface area (Å²) in [6, 6.07) is 6.71. The molecule has 1 amide bonds. The van der Waals surface area contributed by atoms with Crippen molar-refractivity contribution >= 4 is 17.2 Å². The van der Waals surface area contributed by atoms with E-state index in [1.165, 1.54) is 6.20 Å². The second-order valence-electron chi connectivity index (χ2n) is 10.1. The molecule has 1 aromatic carbocycles. The van der Waals surface area contributed by atoms with E-state index in [2.05, 4.69) is 20.1 Å². The van der Waals surface area contributed by atoms with E-state index < -0.39 is 41.2 Å². The summed E-state index contributed by atoms with van der Waals surface area (Å²) in [7, 11) is 0. The summed E-state index contributed by atoms with van der Waals surface area (Å²) in [5.74, 6) is -1.70. The van der Waals surface area contributed by atoms with Crippen LogP contribution in [0.25, 0.3) is 16.9 Å². The van der Waals surface area contributed by atoms with E-state index in [0.29, 0.717) is 17.5 Å². The lowest BCUT2D eigenvalue weighted by molar-refractivity contribution is -0.134. The van der Waals surface area contributed by atoms with E-state index >= 15 is 0 Å². The first-order chi connectivity index (χ1) is 17.8. The van der Waals surface area contributed by atoms with Crippen molar-refractivity contribution < 1.29 is 22.4 Å². The first kappa shape index (κ1) is 24.1. The maximum absolute atomic E-state index is 14.5. The Morgan fingerprint density at radius 2 is 1.89 bits per heavy atom. The SMILES string of the molecule is CC1(C)C(=O)N(CC(F)(F)F)c2cc([C@H]3C[C@@H]3c3cc(-c4c[nH]c(=O)[nH]c4=O)nn4c(F)cnc34)ccc21. The topological polar surface area (TPSA) is 116 Å². The van der Waals surface area contributed by atoms with Gasteiger partial charge in [-0.1, -0.05) is 12.1 Å². The van der Waals surface area contributed by atoms with Crippen LogP contribution >= 0.6 is 0 Å². The Kier molecular flexibility index (Phi) is 4.98. The fourth-order valence-corrected chi connectivity index (χ4v) is 5.31. The van der Waals surface area contributed by atoms with Crippen molar-refractivity contribution in [2.45, 2.75) is 43.7 Å². The molecule has 0 saturated heterocycles. The standard InChI is InChI=1S/C25H20F4N6O3/c1-24(2)16-4-3-11(5-18(16)34(22(24)37)10-25(27,28)29)12-6-13(12)14-7-17(15-8-31-23(38)32-21(15)36)33-35-19(26)9-30-20(14)35/h3-5,7-9,12-13H,6,10H2,1-2H3,(H2,31,32,36,38)/t12-,13+/m1/s1. The van der Waals surface area contributed by atoms with Gasteiger partial charge in [-0.25, -0.2) is 9.78 Å². The average Bonchev–Trinajstić information content (AvgIpc) is 3.52. The van der Waals surface area contributed by atoms with Crippen molar-refractivity contribution in [1.29, 1.82) is 0 Å². The van der Waals surface area contributed by atoms with Gasteiger partial charge in [0.1, 0.15) is 6.54 Å². The minimum atomic E-state index is -4.56. The van der Waals surface area contributed by atoms with Gasteiger partial charge in [0.25, 0.3) is 5.56 Å². The number of anilines is 1. The highest BCUT2D eigenvalue weighted by atomic mass is 19.4. The van der Waals surface area contributed by atoms with Gasteiger partial charge in [-0.05, 0) is 55.4 Å².